The lowest BCUT2D eigenvalue weighted by molar-refractivity contribution is -0.143. The van der Waals surface area contributed by atoms with E-state index in [-0.39, 0.29) is 22.9 Å². The zero-order valence-corrected chi connectivity index (χ0v) is 13.2. The van der Waals surface area contributed by atoms with Crippen molar-refractivity contribution in [2.45, 2.75) is 18.5 Å². The standard InChI is InChI=1S/C16H11F6N3O2/c17-15(18,19)9-3-8(4-10(6-9)16(20,21)22)13-23-11-2-1-7(14(26)25-27)5-12(11)24-13/h1-6,13,23-24,27H,(H,25,26). The quantitative estimate of drug-likeness (QED) is 0.348. The normalized spacial score (nSPS) is 16.3. The molecule has 0 aromatic heterocycles. The summed E-state index contributed by atoms with van der Waals surface area (Å²) in [4.78, 5) is 11.4. The van der Waals surface area contributed by atoms with Crippen molar-refractivity contribution in [3.8, 4) is 0 Å². The number of nitrogens with one attached hydrogen (secondary N) is 3. The van der Waals surface area contributed by atoms with Gasteiger partial charge in [0.05, 0.1) is 22.5 Å². The molecule has 0 bridgehead atoms. The van der Waals surface area contributed by atoms with E-state index in [9.17, 15) is 31.1 Å². The molecule has 0 saturated heterocycles. The first-order valence-corrected chi connectivity index (χ1v) is 7.40. The van der Waals surface area contributed by atoms with Crippen molar-refractivity contribution in [3.63, 3.8) is 0 Å². The third kappa shape index (κ3) is 3.77. The maximum absolute atomic E-state index is 13.0. The van der Waals surface area contributed by atoms with E-state index in [4.69, 9.17) is 5.21 Å². The second-order valence-corrected chi connectivity index (χ2v) is 5.76. The zero-order chi connectivity index (χ0) is 20.0. The van der Waals surface area contributed by atoms with Gasteiger partial charge < -0.3 is 10.6 Å². The van der Waals surface area contributed by atoms with Crippen LogP contribution in [0.1, 0.15) is 33.2 Å². The van der Waals surface area contributed by atoms with Crippen molar-refractivity contribution < 1.29 is 36.3 Å². The molecule has 27 heavy (non-hydrogen) atoms. The maximum atomic E-state index is 13.0. The van der Waals surface area contributed by atoms with E-state index in [1.165, 1.54) is 23.7 Å². The summed E-state index contributed by atoms with van der Waals surface area (Å²) in [5, 5.41) is 14.1. The van der Waals surface area contributed by atoms with Crippen molar-refractivity contribution >= 4 is 17.3 Å². The highest BCUT2D eigenvalue weighted by atomic mass is 19.4. The molecule has 11 heteroatoms. The number of hydroxylamine groups is 1. The summed E-state index contributed by atoms with van der Waals surface area (Å²) in [6.45, 7) is 0. The Morgan fingerprint density at radius 3 is 1.96 bits per heavy atom. The number of carbonyl (C=O) groups is 1. The number of halogens is 6. The molecule has 2 aromatic carbocycles. The Morgan fingerprint density at radius 1 is 0.889 bits per heavy atom. The summed E-state index contributed by atoms with van der Waals surface area (Å²) in [5.74, 6) is -0.818. The van der Waals surface area contributed by atoms with Crippen LogP contribution in [0.5, 0.6) is 0 Å². The van der Waals surface area contributed by atoms with E-state index in [0.717, 1.165) is 0 Å². The van der Waals surface area contributed by atoms with Gasteiger partial charge in [-0.2, -0.15) is 26.3 Å². The molecule has 1 amide bonds. The molecule has 1 atom stereocenters. The molecule has 4 N–H and O–H groups in total. The summed E-state index contributed by atoms with van der Waals surface area (Å²) in [6.07, 6.45) is -11.0. The number of amides is 1. The van der Waals surface area contributed by atoms with Gasteiger partial charge in [-0.3, -0.25) is 10.0 Å². The molecule has 0 saturated carbocycles. The van der Waals surface area contributed by atoms with E-state index >= 15 is 0 Å². The minimum Gasteiger partial charge on any atom is -0.360 e. The number of benzene rings is 2. The first-order valence-electron chi connectivity index (χ1n) is 7.40. The van der Waals surface area contributed by atoms with Crippen LogP contribution in [0.2, 0.25) is 0 Å². The lowest BCUT2D eigenvalue weighted by atomic mass is 10.0. The first kappa shape index (κ1) is 18.8. The van der Waals surface area contributed by atoms with E-state index in [1.807, 2.05) is 0 Å². The second-order valence-electron chi connectivity index (χ2n) is 5.76. The molecule has 5 nitrogen and oxygen atoms in total. The van der Waals surface area contributed by atoms with Gasteiger partial charge in [-0.15, -0.1) is 0 Å². The molecule has 0 fully saturated rings. The van der Waals surface area contributed by atoms with Gasteiger partial charge in [-0.05, 0) is 42.0 Å². The van der Waals surface area contributed by atoms with E-state index < -0.39 is 35.6 Å². The van der Waals surface area contributed by atoms with Gasteiger partial charge in [0.15, 0.2) is 0 Å². The van der Waals surface area contributed by atoms with Crippen molar-refractivity contribution in [1.29, 1.82) is 0 Å². The Labute approximate surface area is 147 Å². The number of hydrogen-bond acceptors (Lipinski definition) is 4. The molecule has 1 aliphatic heterocycles. The third-order valence-electron chi connectivity index (χ3n) is 3.93. The zero-order valence-electron chi connectivity index (χ0n) is 13.2. The van der Waals surface area contributed by atoms with Crippen molar-refractivity contribution in [2.24, 2.45) is 0 Å². The molecule has 1 unspecified atom stereocenters. The topological polar surface area (TPSA) is 73.4 Å². The minimum absolute atomic E-state index is 0.0474. The number of alkyl halides is 6. The molecule has 2 aromatic rings. The van der Waals surface area contributed by atoms with Gasteiger partial charge in [0.2, 0.25) is 0 Å². The largest absolute Gasteiger partial charge is 0.416 e. The van der Waals surface area contributed by atoms with Gasteiger partial charge in [0, 0.05) is 5.56 Å². The SMILES string of the molecule is O=C(NO)c1ccc2c(c1)NC(c1cc(C(F)(F)F)cc(C(F)(F)F)c1)N2. The van der Waals surface area contributed by atoms with Crippen molar-refractivity contribution in [2.75, 3.05) is 10.6 Å². The second kappa shape index (κ2) is 6.34. The molecular weight excluding hydrogens is 380 g/mol. The fourth-order valence-electron chi connectivity index (χ4n) is 2.65. The van der Waals surface area contributed by atoms with Crippen LogP contribution in [0.4, 0.5) is 37.7 Å². The predicted octanol–water partition coefficient (Wildman–Crippen LogP) is 4.38. The summed E-state index contributed by atoms with van der Waals surface area (Å²) in [7, 11) is 0. The van der Waals surface area contributed by atoms with E-state index in [0.29, 0.717) is 17.8 Å². The van der Waals surface area contributed by atoms with Gasteiger partial charge in [-0.1, -0.05) is 0 Å². The Hall–Kier alpha value is -2.95. The summed E-state index contributed by atoms with van der Waals surface area (Å²) in [6, 6.07) is 5.32. The molecule has 0 spiro atoms. The number of carbonyl (C=O) groups excluding carboxylic acids is 1. The van der Waals surface area contributed by atoms with Crippen LogP contribution in [0.15, 0.2) is 36.4 Å². The molecule has 0 aliphatic carbocycles. The average Bonchev–Trinajstić information content (AvgIpc) is 3.02. The molecule has 1 aliphatic rings. The predicted molar refractivity (Wildman–Crippen MR) is 82.1 cm³/mol. The van der Waals surface area contributed by atoms with Gasteiger partial charge in [0.25, 0.3) is 5.91 Å². The number of anilines is 2. The number of hydrogen-bond donors (Lipinski definition) is 4. The lowest BCUT2D eigenvalue weighted by Gasteiger charge is -2.18. The van der Waals surface area contributed by atoms with E-state index in [2.05, 4.69) is 10.6 Å². The third-order valence-corrected chi connectivity index (χ3v) is 3.93. The van der Waals surface area contributed by atoms with Crippen LogP contribution in [-0.4, -0.2) is 11.1 Å². The highest BCUT2D eigenvalue weighted by molar-refractivity contribution is 5.96. The molecule has 144 valence electrons. The van der Waals surface area contributed by atoms with Crippen LogP contribution >= 0.6 is 0 Å². The highest BCUT2D eigenvalue weighted by Crippen LogP contribution is 2.41. The molecule has 3 rings (SSSR count). The molecule has 0 radical (unpaired) electrons. The maximum Gasteiger partial charge on any atom is 0.416 e. The summed E-state index contributed by atoms with van der Waals surface area (Å²) in [5.41, 5.74) is -0.991. The fraction of sp³-hybridized carbons (Fsp3) is 0.188. The smallest absolute Gasteiger partial charge is 0.360 e. The van der Waals surface area contributed by atoms with Crippen LogP contribution in [-0.2, 0) is 12.4 Å². The van der Waals surface area contributed by atoms with Crippen molar-refractivity contribution in [1.82, 2.24) is 5.48 Å². The highest BCUT2D eigenvalue weighted by Gasteiger charge is 2.38. The Morgan fingerprint density at radius 2 is 1.44 bits per heavy atom. The first-order chi connectivity index (χ1) is 12.5. The number of rotatable bonds is 2. The Bertz CT molecular complexity index is 862. The van der Waals surface area contributed by atoms with E-state index in [1.54, 1.807) is 0 Å². The summed E-state index contributed by atoms with van der Waals surface area (Å²) < 4.78 is 77.9. The molecular formula is C16H11F6N3O2. The van der Waals surface area contributed by atoms with Gasteiger partial charge in [0.1, 0.15) is 6.17 Å². The average molecular weight is 391 g/mol. The van der Waals surface area contributed by atoms with Crippen molar-refractivity contribution in [3.05, 3.63) is 58.7 Å². The number of fused-ring (bicyclic) bond motifs is 1. The fourth-order valence-corrected chi connectivity index (χ4v) is 2.65. The van der Waals surface area contributed by atoms with Crippen LogP contribution < -0.4 is 16.1 Å². The Kier molecular flexibility index (Phi) is 4.42. The Balaban J connectivity index is 1.98. The van der Waals surface area contributed by atoms with Gasteiger partial charge in [-0.25, -0.2) is 5.48 Å². The van der Waals surface area contributed by atoms with Gasteiger partial charge >= 0.3 is 12.4 Å². The minimum atomic E-state index is -4.95. The van der Waals surface area contributed by atoms with Crippen LogP contribution in [0.3, 0.4) is 0 Å². The summed E-state index contributed by atoms with van der Waals surface area (Å²) >= 11 is 0. The monoisotopic (exact) mass is 391 g/mol. The lowest BCUT2D eigenvalue weighted by Crippen LogP contribution is -2.18. The molecule has 1 heterocycles. The van der Waals surface area contributed by atoms with Crippen LogP contribution in [0, 0.1) is 0 Å². The van der Waals surface area contributed by atoms with Crippen LogP contribution in [0.25, 0.3) is 0 Å².